The molecule has 1 saturated carbocycles. The summed E-state index contributed by atoms with van der Waals surface area (Å²) in [4.78, 5) is 2.60. The number of fused-ring (bicyclic) bond motifs is 1. The van der Waals surface area contributed by atoms with Crippen LogP contribution in [0.5, 0.6) is 23.0 Å². The van der Waals surface area contributed by atoms with E-state index < -0.39 is 11.5 Å². The maximum absolute atomic E-state index is 11.8. The summed E-state index contributed by atoms with van der Waals surface area (Å²) in [5.74, 6) is 2.05. The van der Waals surface area contributed by atoms with Gasteiger partial charge in [-0.15, -0.1) is 0 Å². The molecule has 6 bridgehead atoms. The number of benzene rings is 2. The number of hydrogen-bond acceptors (Lipinski definition) is 8. The van der Waals surface area contributed by atoms with Crippen LogP contribution in [0.1, 0.15) is 43.2 Å². The van der Waals surface area contributed by atoms with Gasteiger partial charge in [0.05, 0.1) is 28.4 Å². The predicted molar refractivity (Wildman–Crippen MR) is 148 cm³/mol. The minimum atomic E-state index is -1.10. The Morgan fingerprint density at radius 2 is 1.52 bits per heavy atom. The van der Waals surface area contributed by atoms with Gasteiger partial charge >= 0.3 is 0 Å². The Labute approximate surface area is 235 Å². The van der Waals surface area contributed by atoms with E-state index in [1.165, 1.54) is 16.7 Å². The van der Waals surface area contributed by atoms with E-state index in [1.807, 2.05) is 12.1 Å². The predicted octanol–water partition coefficient (Wildman–Crippen LogP) is 3.50. The maximum atomic E-state index is 11.8. The highest BCUT2D eigenvalue weighted by atomic mass is 16.7. The molecule has 8 heteroatoms. The fourth-order valence-corrected chi connectivity index (χ4v) is 9.76. The summed E-state index contributed by atoms with van der Waals surface area (Å²) in [5.41, 5.74) is 2.95. The monoisotopic (exact) mass is 546 g/mol. The first-order chi connectivity index (χ1) is 19.4. The molecular weight excluding hydrogens is 508 g/mol. The van der Waals surface area contributed by atoms with E-state index in [0.717, 1.165) is 55.4 Å². The fraction of sp³-hybridized carbons (Fsp3) is 0.562. The molecule has 40 heavy (non-hydrogen) atoms. The molecule has 212 valence electrons. The zero-order chi connectivity index (χ0) is 27.5. The lowest BCUT2D eigenvalue weighted by molar-refractivity contribution is -0.384. The van der Waals surface area contributed by atoms with E-state index >= 15 is 0 Å². The molecule has 2 aromatic carbocycles. The molecular formula is C32H38N2O6. The zero-order valence-electron chi connectivity index (χ0n) is 23.7. The van der Waals surface area contributed by atoms with Crippen molar-refractivity contribution in [1.29, 1.82) is 0 Å². The topological polar surface area (TPSA) is 81.7 Å². The Kier molecular flexibility index (Phi) is 5.09. The smallest absolute Gasteiger partial charge is 0.170 e. The SMILES string of the molecule is COc1ccc([C@@]23CCN4[C@@H]2C[C@@]2(O)C[C@@H]3C3=C[C@]5(c6ccc(OC)c(OC)c6)CCN[C@@H]5CC34O2)cc1OC. The summed E-state index contributed by atoms with van der Waals surface area (Å²) in [7, 11) is 6.75. The number of hydrogen-bond donors (Lipinski definition) is 2. The van der Waals surface area contributed by atoms with E-state index in [2.05, 4.69) is 40.6 Å². The van der Waals surface area contributed by atoms with Crippen molar-refractivity contribution in [3.8, 4) is 23.0 Å². The molecule has 1 spiro atoms. The van der Waals surface area contributed by atoms with Crippen LogP contribution in [0.25, 0.3) is 0 Å². The molecule has 2 unspecified atom stereocenters. The van der Waals surface area contributed by atoms with Gasteiger partial charge in [-0.3, -0.25) is 4.90 Å². The second kappa shape index (κ2) is 8.16. The van der Waals surface area contributed by atoms with Gasteiger partial charge in [0.15, 0.2) is 28.8 Å². The first kappa shape index (κ1) is 25.0. The van der Waals surface area contributed by atoms with Crippen LogP contribution in [-0.2, 0) is 15.6 Å². The van der Waals surface area contributed by atoms with Crippen molar-refractivity contribution in [1.82, 2.24) is 10.2 Å². The number of piperidine rings is 1. The Hall–Kier alpha value is -2.78. The summed E-state index contributed by atoms with van der Waals surface area (Å²) in [6.45, 7) is 1.87. The van der Waals surface area contributed by atoms with Crippen LogP contribution >= 0.6 is 0 Å². The van der Waals surface area contributed by atoms with Gasteiger partial charge < -0.3 is 34.1 Å². The maximum Gasteiger partial charge on any atom is 0.170 e. The standard InChI is InChI=1S/C32H38N2O6/c1-36-23-7-5-19(13-25(23)38-3)29-9-11-33-27(29)17-32-22(15-29)21-16-30(35,40-32)18-28-31(21,10-12-34(28)32)20-6-8-24(37-2)26(14-20)39-4/h5-8,13-15,21,27-28,33,35H,9-12,16-18H2,1-4H3/t21-,27-,28-,29+,30-,31-,32?/m1/s1. The van der Waals surface area contributed by atoms with Crippen molar-refractivity contribution in [3.63, 3.8) is 0 Å². The Bertz CT molecular complexity index is 1430. The van der Waals surface area contributed by atoms with Gasteiger partial charge in [0.2, 0.25) is 0 Å². The molecule has 5 heterocycles. The highest BCUT2D eigenvalue weighted by molar-refractivity contribution is 5.55. The molecule has 8 atom stereocenters. The fourth-order valence-electron chi connectivity index (χ4n) is 9.76. The Morgan fingerprint density at radius 3 is 2.23 bits per heavy atom. The van der Waals surface area contributed by atoms with Gasteiger partial charge in [-0.25, -0.2) is 0 Å². The third kappa shape index (κ3) is 2.85. The molecule has 2 aliphatic carbocycles. The number of nitrogens with one attached hydrogen (secondary N) is 1. The van der Waals surface area contributed by atoms with Crippen LogP contribution in [0.4, 0.5) is 0 Å². The van der Waals surface area contributed by atoms with E-state index in [4.69, 9.17) is 23.7 Å². The first-order valence-corrected chi connectivity index (χ1v) is 14.5. The van der Waals surface area contributed by atoms with Crippen molar-refractivity contribution in [2.45, 2.75) is 66.5 Å². The second-order valence-electron chi connectivity index (χ2n) is 12.5. The quantitative estimate of drug-likeness (QED) is 0.533. The normalized spacial score (nSPS) is 41.8. The average molecular weight is 547 g/mol. The highest BCUT2D eigenvalue weighted by Crippen LogP contribution is 2.71. The van der Waals surface area contributed by atoms with Gasteiger partial charge in [0.25, 0.3) is 0 Å². The largest absolute Gasteiger partial charge is 0.493 e. The van der Waals surface area contributed by atoms with Gasteiger partial charge in [-0.1, -0.05) is 18.2 Å². The molecule has 8 nitrogen and oxygen atoms in total. The Morgan fingerprint density at radius 1 is 0.850 bits per heavy atom. The molecule has 7 aliphatic rings. The molecule has 5 aliphatic heterocycles. The summed E-state index contributed by atoms with van der Waals surface area (Å²) in [6, 6.07) is 13.2. The molecule has 0 amide bonds. The first-order valence-electron chi connectivity index (χ1n) is 14.5. The molecule has 9 rings (SSSR count). The molecule has 2 aromatic rings. The van der Waals surface area contributed by atoms with Crippen molar-refractivity contribution in [2.75, 3.05) is 41.5 Å². The van der Waals surface area contributed by atoms with Gasteiger partial charge in [-0.05, 0) is 60.4 Å². The van der Waals surface area contributed by atoms with Crippen LogP contribution in [0.15, 0.2) is 48.0 Å². The molecule has 2 N–H and O–H groups in total. The zero-order valence-corrected chi connectivity index (χ0v) is 23.7. The van der Waals surface area contributed by atoms with E-state index in [-0.39, 0.29) is 28.8 Å². The minimum absolute atomic E-state index is 0.122. The van der Waals surface area contributed by atoms with Gasteiger partial charge in [-0.2, -0.15) is 0 Å². The molecule has 0 radical (unpaired) electrons. The summed E-state index contributed by atoms with van der Waals surface area (Å²) >= 11 is 0. The van der Waals surface area contributed by atoms with Crippen LogP contribution in [0, 0.1) is 5.92 Å². The van der Waals surface area contributed by atoms with Crippen molar-refractivity contribution >= 4 is 0 Å². The molecule has 5 saturated heterocycles. The third-order valence-corrected chi connectivity index (χ3v) is 11.3. The number of methoxy groups -OCH3 is 4. The lowest BCUT2D eigenvalue weighted by Gasteiger charge is -2.71. The Balaban J connectivity index is 1.33. The lowest BCUT2D eigenvalue weighted by Crippen LogP contribution is -2.79. The lowest BCUT2D eigenvalue weighted by atomic mass is 9.49. The summed E-state index contributed by atoms with van der Waals surface area (Å²) < 4.78 is 29.5. The number of nitrogens with zero attached hydrogens (tertiary/aromatic N) is 1. The van der Waals surface area contributed by atoms with Crippen LogP contribution in [-0.4, -0.2) is 75.1 Å². The minimum Gasteiger partial charge on any atom is -0.493 e. The van der Waals surface area contributed by atoms with Crippen LogP contribution in [0.2, 0.25) is 0 Å². The number of rotatable bonds is 6. The summed E-state index contributed by atoms with van der Waals surface area (Å²) in [6.07, 6.45) is 6.62. The van der Waals surface area contributed by atoms with Crippen molar-refractivity contribution in [2.24, 2.45) is 5.92 Å². The van der Waals surface area contributed by atoms with Gasteiger partial charge in [0, 0.05) is 54.6 Å². The molecule has 0 aromatic heterocycles. The van der Waals surface area contributed by atoms with Crippen molar-refractivity contribution < 1.29 is 28.8 Å². The van der Waals surface area contributed by atoms with E-state index in [0.29, 0.717) is 12.8 Å². The van der Waals surface area contributed by atoms with E-state index in [9.17, 15) is 5.11 Å². The average Bonchev–Trinajstić information content (AvgIpc) is 3.55. The number of aliphatic hydroxyl groups is 1. The van der Waals surface area contributed by atoms with Crippen LogP contribution < -0.4 is 24.3 Å². The van der Waals surface area contributed by atoms with Crippen molar-refractivity contribution in [3.05, 3.63) is 59.2 Å². The van der Waals surface area contributed by atoms with Crippen LogP contribution in [0.3, 0.4) is 0 Å². The third-order valence-electron chi connectivity index (χ3n) is 11.3. The number of ether oxygens (including phenoxy) is 5. The van der Waals surface area contributed by atoms with E-state index in [1.54, 1.807) is 28.4 Å². The molecule has 6 fully saturated rings. The highest BCUT2D eigenvalue weighted by Gasteiger charge is 2.77. The van der Waals surface area contributed by atoms with Gasteiger partial charge in [0.1, 0.15) is 5.72 Å². The summed E-state index contributed by atoms with van der Waals surface area (Å²) in [5, 5.41) is 15.6. The second-order valence-corrected chi connectivity index (χ2v) is 12.5.